The summed E-state index contributed by atoms with van der Waals surface area (Å²) in [6.45, 7) is 0. The number of hydrogen-bond acceptors (Lipinski definition) is 2. The first-order valence-corrected chi connectivity index (χ1v) is 5.46. The Morgan fingerprint density at radius 2 is 2.00 bits per heavy atom. The second-order valence-corrected chi connectivity index (χ2v) is 4.04. The van der Waals surface area contributed by atoms with Crippen molar-refractivity contribution in [1.82, 2.24) is 14.2 Å². The molecule has 0 aliphatic heterocycles. The summed E-state index contributed by atoms with van der Waals surface area (Å²) < 4.78 is 2.82. The minimum Gasteiger partial charge on any atom is -0.250 e. The zero-order valence-corrected chi connectivity index (χ0v) is 9.50. The maximum Gasteiger partial charge on any atom is 0.355 e. The highest BCUT2D eigenvalue weighted by Crippen LogP contribution is 2.12. The van der Waals surface area contributed by atoms with Crippen LogP contribution >= 0.6 is 11.6 Å². The number of hydrogen-bond donors (Lipinski definition) is 0. The Kier molecular flexibility index (Phi) is 2.23. The highest BCUT2D eigenvalue weighted by atomic mass is 35.5. The molecule has 0 N–H and O–H groups in total. The Labute approximate surface area is 102 Å². The fourth-order valence-electron chi connectivity index (χ4n) is 1.70. The molecule has 0 aliphatic carbocycles. The van der Waals surface area contributed by atoms with Crippen molar-refractivity contribution in [3.63, 3.8) is 0 Å². The number of nitrogens with zero attached hydrogens (tertiary/aromatic N) is 3. The molecule has 5 heteroatoms. The molecule has 0 radical (unpaired) electrons. The van der Waals surface area contributed by atoms with Crippen LogP contribution in [0.5, 0.6) is 0 Å². The molecule has 17 heavy (non-hydrogen) atoms. The highest BCUT2D eigenvalue weighted by molar-refractivity contribution is 6.30. The van der Waals surface area contributed by atoms with E-state index in [2.05, 4.69) is 5.10 Å². The number of rotatable bonds is 1. The summed E-state index contributed by atoms with van der Waals surface area (Å²) in [7, 11) is 0. The molecule has 2 aromatic heterocycles. The molecule has 0 saturated carbocycles. The first-order valence-electron chi connectivity index (χ1n) is 5.08. The van der Waals surface area contributed by atoms with E-state index in [1.165, 1.54) is 9.08 Å². The molecule has 0 fully saturated rings. The monoisotopic (exact) mass is 245 g/mol. The second-order valence-electron chi connectivity index (χ2n) is 3.60. The largest absolute Gasteiger partial charge is 0.355 e. The van der Waals surface area contributed by atoms with Crippen LogP contribution in [0, 0.1) is 0 Å². The third-order valence-electron chi connectivity index (χ3n) is 2.48. The maximum atomic E-state index is 12.1. The predicted molar refractivity (Wildman–Crippen MR) is 65.8 cm³/mol. The first kappa shape index (κ1) is 10.1. The zero-order chi connectivity index (χ0) is 11.8. The van der Waals surface area contributed by atoms with Crippen LogP contribution in [0.1, 0.15) is 0 Å². The molecule has 0 unspecified atom stereocenters. The number of fused-ring (bicyclic) bond motifs is 1. The number of pyridine rings is 1. The molecule has 0 bridgehead atoms. The molecule has 3 aromatic rings. The Balaban J connectivity index is 2.31. The van der Waals surface area contributed by atoms with Gasteiger partial charge in [-0.2, -0.15) is 4.68 Å². The third kappa shape index (κ3) is 1.62. The van der Waals surface area contributed by atoms with Gasteiger partial charge in [-0.15, -0.1) is 5.10 Å². The van der Waals surface area contributed by atoms with Crippen LogP contribution < -0.4 is 5.69 Å². The summed E-state index contributed by atoms with van der Waals surface area (Å²) in [5, 5.41) is 4.81. The van der Waals surface area contributed by atoms with Gasteiger partial charge in [-0.1, -0.05) is 23.7 Å². The molecule has 1 aromatic carbocycles. The van der Waals surface area contributed by atoms with E-state index < -0.39 is 0 Å². The topological polar surface area (TPSA) is 39.3 Å². The first-order chi connectivity index (χ1) is 8.25. The molecule has 0 saturated heterocycles. The fraction of sp³-hybridized carbons (Fsp3) is 0. The highest BCUT2D eigenvalue weighted by Gasteiger charge is 2.07. The molecule has 0 spiro atoms. The Morgan fingerprint density at radius 3 is 2.76 bits per heavy atom. The van der Waals surface area contributed by atoms with Crippen molar-refractivity contribution in [2.75, 3.05) is 0 Å². The summed E-state index contributed by atoms with van der Waals surface area (Å²) in [5.74, 6) is 0. The SMILES string of the molecule is O=c1n(-c2cccc(Cl)c2)nc2ccccn12. The van der Waals surface area contributed by atoms with Gasteiger partial charge in [0.05, 0.1) is 5.69 Å². The molecule has 84 valence electrons. The van der Waals surface area contributed by atoms with Crippen LogP contribution in [-0.2, 0) is 0 Å². The van der Waals surface area contributed by atoms with Crippen LogP contribution in [0.3, 0.4) is 0 Å². The van der Waals surface area contributed by atoms with Gasteiger partial charge in [-0.25, -0.2) is 9.20 Å². The van der Waals surface area contributed by atoms with Crippen molar-refractivity contribution >= 4 is 17.2 Å². The van der Waals surface area contributed by atoms with Crippen molar-refractivity contribution in [2.45, 2.75) is 0 Å². The van der Waals surface area contributed by atoms with Crippen LogP contribution in [0.25, 0.3) is 11.3 Å². The molecular weight excluding hydrogens is 238 g/mol. The van der Waals surface area contributed by atoms with Crippen LogP contribution in [0.4, 0.5) is 0 Å². The number of benzene rings is 1. The average Bonchev–Trinajstić information content (AvgIpc) is 2.68. The van der Waals surface area contributed by atoms with Crippen molar-refractivity contribution in [3.8, 4) is 5.69 Å². The van der Waals surface area contributed by atoms with Crippen LogP contribution in [0.15, 0.2) is 53.5 Å². The van der Waals surface area contributed by atoms with Crippen molar-refractivity contribution in [3.05, 3.63) is 64.2 Å². The standard InChI is InChI=1S/C12H8ClN3O/c13-9-4-3-5-10(8-9)16-12(17)15-7-2-1-6-11(15)14-16/h1-8H. The average molecular weight is 246 g/mol. The second kappa shape index (κ2) is 3.75. The van der Waals surface area contributed by atoms with Crippen molar-refractivity contribution in [2.24, 2.45) is 0 Å². The van der Waals surface area contributed by atoms with Gasteiger partial charge in [0.25, 0.3) is 0 Å². The van der Waals surface area contributed by atoms with Gasteiger partial charge >= 0.3 is 5.69 Å². The lowest BCUT2D eigenvalue weighted by Gasteiger charge is -1.98. The van der Waals surface area contributed by atoms with E-state index >= 15 is 0 Å². The summed E-state index contributed by atoms with van der Waals surface area (Å²) in [6, 6.07) is 12.4. The van der Waals surface area contributed by atoms with E-state index in [0.29, 0.717) is 16.4 Å². The van der Waals surface area contributed by atoms with Gasteiger partial charge in [0.15, 0.2) is 5.65 Å². The van der Waals surface area contributed by atoms with Gasteiger partial charge < -0.3 is 0 Å². The van der Waals surface area contributed by atoms with E-state index in [1.807, 2.05) is 6.07 Å². The minimum atomic E-state index is -0.206. The molecule has 0 aliphatic rings. The summed E-state index contributed by atoms with van der Waals surface area (Å²) in [5.41, 5.74) is 1.06. The summed E-state index contributed by atoms with van der Waals surface area (Å²) >= 11 is 5.90. The van der Waals surface area contributed by atoms with E-state index in [-0.39, 0.29) is 5.69 Å². The normalized spacial score (nSPS) is 10.9. The minimum absolute atomic E-state index is 0.206. The summed E-state index contributed by atoms with van der Waals surface area (Å²) in [4.78, 5) is 12.1. The molecule has 3 rings (SSSR count). The number of halogens is 1. The van der Waals surface area contributed by atoms with Gasteiger partial charge in [0, 0.05) is 11.2 Å². The molecule has 0 atom stereocenters. The quantitative estimate of drug-likeness (QED) is 0.659. The lowest BCUT2D eigenvalue weighted by atomic mass is 10.3. The zero-order valence-electron chi connectivity index (χ0n) is 8.75. The molecule has 2 heterocycles. The Bertz CT molecular complexity index is 745. The Morgan fingerprint density at radius 1 is 1.12 bits per heavy atom. The number of aromatic nitrogens is 3. The van der Waals surface area contributed by atoms with Gasteiger partial charge in [0.1, 0.15) is 0 Å². The van der Waals surface area contributed by atoms with E-state index in [0.717, 1.165) is 0 Å². The van der Waals surface area contributed by atoms with E-state index in [9.17, 15) is 4.79 Å². The van der Waals surface area contributed by atoms with E-state index in [1.54, 1.807) is 42.6 Å². The smallest absolute Gasteiger partial charge is 0.250 e. The van der Waals surface area contributed by atoms with Gasteiger partial charge in [-0.05, 0) is 30.3 Å². The fourth-order valence-corrected chi connectivity index (χ4v) is 1.89. The maximum absolute atomic E-state index is 12.1. The molecule has 0 amide bonds. The predicted octanol–water partition coefficient (Wildman–Crippen LogP) is 2.14. The molecular formula is C12H8ClN3O. The van der Waals surface area contributed by atoms with Gasteiger partial charge in [0.2, 0.25) is 0 Å². The van der Waals surface area contributed by atoms with Crippen molar-refractivity contribution < 1.29 is 0 Å². The van der Waals surface area contributed by atoms with Gasteiger partial charge in [-0.3, -0.25) is 0 Å². The van der Waals surface area contributed by atoms with E-state index in [4.69, 9.17) is 11.6 Å². The van der Waals surface area contributed by atoms with Crippen LogP contribution in [-0.4, -0.2) is 14.2 Å². The third-order valence-corrected chi connectivity index (χ3v) is 2.72. The lowest BCUT2D eigenvalue weighted by Crippen LogP contribution is -2.19. The molecule has 4 nitrogen and oxygen atoms in total. The van der Waals surface area contributed by atoms with Crippen molar-refractivity contribution in [1.29, 1.82) is 0 Å². The Hall–Kier alpha value is -2.07. The summed E-state index contributed by atoms with van der Waals surface area (Å²) in [6.07, 6.45) is 1.69. The lowest BCUT2D eigenvalue weighted by molar-refractivity contribution is 0.839. The van der Waals surface area contributed by atoms with Crippen LogP contribution in [0.2, 0.25) is 5.02 Å².